The molecule has 16 heavy (non-hydrogen) atoms. The molecule has 0 fully saturated rings. The number of benzene rings is 1. The Morgan fingerprint density at radius 2 is 2.19 bits per heavy atom. The molecule has 0 bridgehead atoms. The normalized spacial score (nSPS) is 13.2. The summed E-state index contributed by atoms with van der Waals surface area (Å²) in [6.45, 7) is 3.01. The Balaban J connectivity index is 2.22. The van der Waals surface area contributed by atoms with Crippen molar-refractivity contribution in [3.8, 4) is 11.5 Å². The summed E-state index contributed by atoms with van der Waals surface area (Å²) < 4.78 is 10.7. The zero-order valence-electron chi connectivity index (χ0n) is 9.38. The van der Waals surface area contributed by atoms with E-state index >= 15 is 0 Å². The maximum absolute atomic E-state index is 6.23. The maximum atomic E-state index is 6.23. The Morgan fingerprint density at radius 1 is 1.38 bits per heavy atom. The molecule has 0 radical (unpaired) electrons. The topological polar surface area (TPSA) is 44.5 Å². The summed E-state index contributed by atoms with van der Waals surface area (Å²) in [4.78, 5) is 0. The van der Waals surface area contributed by atoms with E-state index < -0.39 is 0 Å². The molecule has 88 valence electrons. The van der Waals surface area contributed by atoms with E-state index in [0.717, 1.165) is 37.1 Å². The molecule has 1 aliphatic rings. The molecule has 1 aliphatic heterocycles. The molecule has 0 amide bonds. The minimum Gasteiger partial charge on any atom is -0.454 e. The van der Waals surface area contributed by atoms with E-state index in [-0.39, 0.29) is 6.79 Å². The van der Waals surface area contributed by atoms with Gasteiger partial charge in [-0.15, -0.1) is 0 Å². The number of hydrogen-bond donors (Lipinski definition) is 1. The van der Waals surface area contributed by atoms with Crippen molar-refractivity contribution in [2.24, 2.45) is 5.73 Å². The SMILES string of the molecule is Cc1c(CCCCN)cc2c(c1Cl)OCO2. The predicted octanol–water partition coefficient (Wildman–Crippen LogP) is 2.66. The fourth-order valence-corrected chi connectivity index (χ4v) is 2.13. The average Bonchev–Trinajstić information content (AvgIpc) is 2.73. The smallest absolute Gasteiger partial charge is 0.231 e. The van der Waals surface area contributed by atoms with Gasteiger partial charge in [-0.1, -0.05) is 11.6 Å². The lowest BCUT2D eigenvalue weighted by Gasteiger charge is -2.09. The number of nitrogens with two attached hydrogens (primary N) is 1. The molecular weight excluding hydrogens is 226 g/mol. The van der Waals surface area contributed by atoms with Crippen LogP contribution in [-0.2, 0) is 6.42 Å². The van der Waals surface area contributed by atoms with Crippen molar-refractivity contribution < 1.29 is 9.47 Å². The van der Waals surface area contributed by atoms with Gasteiger partial charge in [0.05, 0.1) is 5.02 Å². The Labute approximate surface area is 100 Å². The molecular formula is C12H16ClNO2. The number of hydrogen-bond acceptors (Lipinski definition) is 3. The van der Waals surface area contributed by atoms with Crippen LogP contribution in [0.25, 0.3) is 0 Å². The lowest BCUT2D eigenvalue weighted by molar-refractivity contribution is 0.174. The lowest BCUT2D eigenvalue weighted by Crippen LogP contribution is -2.00. The average molecular weight is 242 g/mol. The molecule has 0 aromatic heterocycles. The van der Waals surface area contributed by atoms with E-state index in [1.54, 1.807) is 0 Å². The van der Waals surface area contributed by atoms with E-state index in [9.17, 15) is 0 Å². The number of unbranched alkanes of at least 4 members (excludes halogenated alkanes) is 1. The molecule has 4 heteroatoms. The van der Waals surface area contributed by atoms with Gasteiger partial charge in [-0.25, -0.2) is 0 Å². The van der Waals surface area contributed by atoms with Crippen molar-refractivity contribution in [1.82, 2.24) is 0 Å². The first kappa shape index (κ1) is 11.6. The van der Waals surface area contributed by atoms with Crippen LogP contribution in [0.4, 0.5) is 0 Å². The van der Waals surface area contributed by atoms with Gasteiger partial charge in [0.2, 0.25) is 6.79 Å². The number of fused-ring (bicyclic) bond motifs is 1. The van der Waals surface area contributed by atoms with Gasteiger partial charge in [-0.3, -0.25) is 0 Å². The summed E-state index contributed by atoms with van der Waals surface area (Å²) in [5.74, 6) is 1.44. The van der Waals surface area contributed by atoms with E-state index in [1.807, 2.05) is 13.0 Å². The Bertz CT molecular complexity index is 393. The van der Waals surface area contributed by atoms with Crippen LogP contribution in [0.15, 0.2) is 6.07 Å². The summed E-state index contributed by atoms with van der Waals surface area (Å²) in [6, 6.07) is 2.03. The van der Waals surface area contributed by atoms with Gasteiger partial charge < -0.3 is 15.2 Å². The molecule has 3 nitrogen and oxygen atoms in total. The highest BCUT2D eigenvalue weighted by Gasteiger charge is 2.20. The fourth-order valence-electron chi connectivity index (χ4n) is 1.86. The molecule has 0 atom stereocenters. The van der Waals surface area contributed by atoms with Crippen LogP contribution in [0.3, 0.4) is 0 Å². The minimum atomic E-state index is 0.265. The quantitative estimate of drug-likeness (QED) is 0.825. The van der Waals surface area contributed by atoms with Gasteiger partial charge >= 0.3 is 0 Å². The van der Waals surface area contributed by atoms with Crippen LogP contribution in [0, 0.1) is 6.92 Å². The van der Waals surface area contributed by atoms with Crippen molar-refractivity contribution >= 4 is 11.6 Å². The number of rotatable bonds is 4. The zero-order valence-corrected chi connectivity index (χ0v) is 10.1. The van der Waals surface area contributed by atoms with Crippen LogP contribution in [-0.4, -0.2) is 13.3 Å². The van der Waals surface area contributed by atoms with Crippen LogP contribution in [0.2, 0.25) is 5.02 Å². The molecule has 0 saturated carbocycles. The van der Waals surface area contributed by atoms with Crippen molar-refractivity contribution in [2.45, 2.75) is 26.2 Å². The first-order valence-corrected chi connectivity index (χ1v) is 5.89. The monoisotopic (exact) mass is 241 g/mol. The zero-order chi connectivity index (χ0) is 11.5. The molecule has 1 aromatic rings. The lowest BCUT2D eigenvalue weighted by atomic mass is 10.0. The Morgan fingerprint density at radius 3 is 2.94 bits per heavy atom. The second-order valence-electron chi connectivity index (χ2n) is 3.95. The molecule has 0 aliphatic carbocycles. The Hall–Kier alpha value is -0.930. The van der Waals surface area contributed by atoms with E-state index in [4.69, 9.17) is 26.8 Å². The minimum absolute atomic E-state index is 0.265. The van der Waals surface area contributed by atoms with Crippen molar-refractivity contribution in [3.05, 3.63) is 22.2 Å². The van der Waals surface area contributed by atoms with Crippen molar-refractivity contribution in [1.29, 1.82) is 0 Å². The van der Waals surface area contributed by atoms with Gasteiger partial charge in [0.25, 0.3) is 0 Å². The van der Waals surface area contributed by atoms with Gasteiger partial charge in [0, 0.05) is 0 Å². The highest BCUT2D eigenvalue weighted by atomic mass is 35.5. The van der Waals surface area contributed by atoms with E-state index in [2.05, 4.69) is 0 Å². The van der Waals surface area contributed by atoms with Gasteiger partial charge in [-0.2, -0.15) is 0 Å². The molecule has 0 spiro atoms. The third-order valence-corrected chi connectivity index (χ3v) is 3.31. The van der Waals surface area contributed by atoms with Crippen LogP contribution >= 0.6 is 11.6 Å². The highest BCUT2D eigenvalue weighted by Crippen LogP contribution is 2.42. The van der Waals surface area contributed by atoms with Crippen LogP contribution < -0.4 is 15.2 Å². The highest BCUT2D eigenvalue weighted by molar-refractivity contribution is 6.33. The largest absolute Gasteiger partial charge is 0.454 e. The third kappa shape index (κ3) is 2.11. The van der Waals surface area contributed by atoms with E-state index in [0.29, 0.717) is 10.8 Å². The molecule has 0 saturated heterocycles. The Kier molecular flexibility index (Phi) is 3.56. The van der Waals surface area contributed by atoms with E-state index in [1.165, 1.54) is 5.56 Å². The molecule has 1 aromatic carbocycles. The van der Waals surface area contributed by atoms with Gasteiger partial charge in [-0.05, 0) is 49.9 Å². The molecule has 0 unspecified atom stereocenters. The van der Waals surface area contributed by atoms with Crippen LogP contribution in [0.5, 0.6) is 11.5 Å². The first-order chi connectivity index (χ1) is 7.74. The predicted molar refractivity (Wildman–Crippen MR) is 64.3 cm³/mol. The molecule has 2 rings (SSSR count). The second kappa shape index (κ2) is 4.93. The number of halogens is 1. The summed E-state index contributed by atoms with van der Waals surface area (Å²) >= 11 is 6.23. The van der Waals surface area contributed by atoms with Crippen LogP contribution in [0.1, 0.15) is 24.0 Å². The van der Waals surface area contributed by atoms with Gasteiger partial charge in [0.1, 0.15) is 0 Å². The number of ether oxygens (including phenoxy) is 2. The maximum Gasteiger partial charge on any atom is 0.231 e. The molecule has 1 heterocycles. The third-order valence-electron chi connectivity index (χ3n) is 2.86. The van der Waals surface area contributed by atoms with Crippen molar-refractivity contribution in [3.63, 3.8) is 0 Å². The van der Waals surface area contributed by atoms with Crippen molar-refractivity contribution in [2.75, 3.05) is 13.3 Å². The summed E-state index contributed by atoms with van der Waals surface area (Å²) in [5, 5.41) is 0.678. The molecule has 2 N–H and O–H groups in total. The summed E-state index contributed by atoms with van der Waals surface area (Å²) in [5.41, 5.74) is 7.79. The first-order valence-electron chi connectivity index (χ1n) is 5.51. The summed E-state index contributed by atoms with van der Waals surface area (Å²) in [7, 11) is 0. The standard InChI is InChI=1S/C12H16ClNO2/c1-8-9(4-2-3-5-14)6-10-12(11(8)13)16-7-15-10/h6H,2-5,7,14H2,1H3. The van der Waals surface area contributed by atoms with Gasteiger partial charge in [0.15, 0.2) is 11.5 Å². The summed E-state index contributed by atoms with van der Waals surface area (Å²) in [6.07, 6.45) is 3.10. The fraction of sp³-hybridized carbons (Fsp3) is 0.500. The second-order valence-corrected chi connectivity index (χ2v) is 4.33. The number of aryl methyl sites for hydroxylation is 1.